The summed E-state index contributed by atoms with van der Waals surface area (Å²) in [5.41, 5.74) is 0.535. The maximum atomic E-state index is 11.6. The Labute approximate surface area is 113 Å². The molecule has 0 atom stereocenters. The largest absolute Gasteiger partial charge is 0.352 e. The molecule has 88 valence electrons. The molecule has 16 heavy (non-hydrogen) atoms. The smallest absolute Gasteiger partial charge is 0.251 e. The number of carbonyl (C=O) groups excluding carboxylic acids is 1. The quantitative estimate of drug-likeness (QED) is 0.646. The summed E-state index contributed by atoms with van der Waals surface area (Å²) in [6.07, 6.45) is 2.00. The summed E-state index contributed by atoms with van der Waals surface area (Å²) in [7, 11) is 0. The van der Waals surface area contributed by atoms with E-state index in [1.165, 1.54) is 0 Å². The first-order valence-corrected chi connectivity index (χ1v) is 6.82. The van der Waals surface area contributed by atoms with E-state index < -0.39 is 0 Å². The van der Waals surface area contributed by atoms with E-state index in [2.05, 4.69) is 21.2 Å². The Kier molecular flexibility index (Phi) is 6.17. The fraction of sp³-hybridized carbons (Fsp3) is 0.364. The number of nitrogens with one attached hydrogen (secondary N) is 1. The van der Waals surface area contributed by atoms with Gasteiger partial charge in [0.05, 0.1) is 10.0 Å². The molecule has 1 aromatic carbocycles. The van der Waals surface area contributed by atoms with E-state index in [1.54, 1.807) is 18.2 Å². The predicted octanol–water partition coefficient (Wildman–Crippen LogP) is 3.90. The van der Waals surface area contributed by atoms with Crippen LogP contribution in [0.2, 0.25) is 10.0 Å². The van der Waals surface area contributed by atoms with Gasteiger partial charge in [0.1, 0.15) is 0 Å². The van der Waals surface area contributed by atoms with Crippen molar-refractivity contribution in [1.29, 1.82) is 0 Å². The highest BCUT2D eigenvalue weighted by Gasteiger charge is 2.06. The van der Waals surface area contributed by atoms with E-state index >= 15 is 0 Å². The lowest BCUT2D eigenvalue weighted by molar-refractivity contribution is 0.0953. The van der Waals surface area contributed by atoms with Crippen LogP contribution in [-0.2, 0) is 0 Å². The summed E-state index contributed by atoms with van der Waals surface area (Å²) in [4.78, 5) is 11.6. The lowest BCUT2D eigenvalue weighted by atomic mass is 10.2. The van der Waals surface area contributed by atoms with E-state index in [-0.39, 0.29) is 5.91 Å². The van der Waals surface area contributed by atoms with Gasteiger partial charge in [0.2, 0.25) is 0 Å². The molecule has 0 aliphatic heterocycles. The molecule has 0 radical (unpaired) electrons. The number of amides is 1. The Hall–Kier alpha value is -0.250. The molecule has 0 saturated heterocycles. The van der Waals surface area contributed by atoms with Crippen molar-refractivity contribution in [2.45, 2.75) is 12.8 Å². The Morgan fingerprint density at radius 2 is 2.00 bits per heavy atom. The highest BCUT2D eigenvalue weighted by molar-refractivity contribution is 9.09. The van der Waals surface area contributed by atoms with Crippen LogP contribution in [0.3, 0.4) is 0 Å². The van der Waals surface area contributed by atoms with Crippen LogP contribution in [0, 0.1) is 0 Å². The molecule has 1 N–H and O–H groups in total. The zero-order valence-electron chi connectivity index (χ0n) is 8.60. The van der Waals surface area contributed by atoms with Gasteiger partial charge in [-0.15, -0.1) is 0 Å². The first-order chi connectivity index (χ1) is 7.65. The Balaban J connectivity index is 2.50. The van der Waals surface area contributed by atoms with E-state index in [1.807, 2.05) is 0 Å². The van der Waals surface area contributed by atoms with Crippen molar-refractivity contribution in [1.82, 2.24) is 5.32 Å². The molecular weight excluding hydrogens is 313 g/mol. The summed E-state index contributed by atoms with van der Waals surface area (Å²) >= 11 is 14.9. The van der Waals surface area contributed by atoms with Crippen molar-refractivity contribution in [3.05, 3.63) is 33.8 Å². The fourth-order valence-corrected chi connectivity index (χ4v) is 1.86. The van der Waals surface area contributed by atoms with Gasteiger partial charge in [-0.2, -0.15) is 0 Å². The molecule has 0 aliphatic carbocycles. The normalized spacial score (nSPS) is 10.2. The minimum Gasteiger partial charge on any atom is -0.352 e. The Morgan fingerprint density at radius 3 is 2.62 bits per heavy atom. The Bertz CT molecular complexity index is 371. The minimum atomic E-state index is -0.117. The van der Waals surface area contributed by atoms with Crippen LogP contribution in [0.25, 0.3) is 0 Å². The summed E-state index contributed by atoms with van der Waals surface area (Å²) in [6.45, 7) is 0.671. The van der Waals surface area contributed by atoms with Crippen molar-refractivity contribution >= 4 is 45.0 Å². The lowest BCUT2D eigenvalue weighted by Gasteiger charge is -2.05. The molecule has 0 aliphatic rings. The maximum absolute atomic E-state index is 11.6. The number of carbonyl (C=O) groups is 1. The van der Waals surface area contributed by atoms with Crippen LogP contribution in [-0.4, -0.2) is 17.8 Å². The highest BCUT2D eigenvalue weighted by atomic mass is 79.9. The zero-order valence-corrected chi connectivity index (χ0v) is 11.7. The van der Waals surface area contributed by atoms with Crippen molar-refractivity contribution in [2.75, 3.05) is 11.9 Å². The van der Waals surface area contributed by atoms with E-state index in [9.17, 15) is 4.79 Å². The average molecular weight is 325 g/mol. The number of rotatable bonds is 5. The molecule has 1 rings (SSSR count). The molecule has 1 aromatic rings. The number of benzene rings is 1. The first-order valence-electron chi connectivity index (χ1n) is 4.94. The van der Waals surface area contributed by atoms with Gasteiger partial charge in [0.25, 0.3) is 5.91 Å². The minimum absolute atomic E-state index is 0.117. The van der Waals surface area contributed by atoms with E-state index in [4.69, 9.17) is 23.2 Å². The van der Waals surface area contributed by atoms with Gasteiger partial charge in [-0.3, -0.25) is 4.79 Å². The van der Waals surface area contributed by atoms with Crippen LogP contribution < -0.4 is 5.32 Å². The van der Waals surface area contributed by atoms with Gasteiger partial charge in [0.15, 0.2) is 0 Å². The molecule has 5 heteroatoms. The van der Waals surface area contributed by atoms with Crippen LogP contribution in [0.15, 0.2) is 18.2 Å². The third kappa shape index (κ3) is 4.32. The topological polar surface area (TPSA) is 29.1 Å². The molecule has 0 heterocycles. The van der Waals surface area contributed by atoms with E-state index in [0.717, 1.165) is 18.2 Å². The molecule has 0 saturated carbocycles. The number of unbranched alkanes of at least 4 members (excludes halogenated alkanes) is 1. The van der Waals surface area contributed by atoms with Crippen molar-refractivity contribution in [2.24, 2.45) is 0 Å². The van der Waals surface area contributed by atoms with Gasteiger partial charge in [0, 0.05) is 17.4 Å². The standard InChI is InChI=1S/C11H12BrCl2NO/c12-5-1-2-6-15-11(16)8-3-4-9(13)10(14)7-8/h3-4,7H,1-2,5-6H2,(H,15,16). The van der Waals surface area contributed by atoms with Gasteiger partial charge >= 0.3 is 0 Å². The molecule has 0 bridgehead atoms. The maximum Gasteiger partial charge on any atom is 0.251 e. The number of hydrogen-bond acceptors (Lipinski definition) is 1. The van der Waals surface area contributed by atoms with E-state index in [0.29, 0.717) is 22.2 Å². The second-order valence-electron chi connectivity index (χ2n) is 3.28. The van der Waals surface area contributed by atoms with Crippen molar-refractivity contribution in [3.8, 4) is 0 Å². The monoisotopic (exact) mass is 323 g/mol. The summed E-state index contributed by atoms with van der Waals surface area (Å²) in [5.74, 6) is -0.117. The summed E-state index contributed by atoms with van der Waals surface area (Å²) in [6, 6.07) is 4.86. The van der Waals surface area contributed by atoms with Crippen LogP contribution >= 0.6 is 39.1 Å². The number of halogens is 3. The van der Waals surface area contributed by atoms with Gasteiger partial charge in [-0.25, -0.2) is 0 Å². The molecule has 0 aromatic heterocycles. The molecule has 0 spiro atoms. The lowest BCUT2D eigenvalue weighted by Crippen LogP contribution is -2.24. The first kappa shape index (κ1) is 13.8. The predicted molar refractivity (Wildman–Crippen MR) is 71.8 cm³/mol. The van der Waals surface area contributed by atoms with Crippen LogP contribution in [0.4, 0.5) is 0 Å². The summed E-state index contributed by atoms with van der Waals surface area (Å²) in [5, 5.41) is 4.63. The molecule has 0 unspecified atom stereocenters. The summed E-state index contributed by atoms with van der Waals surface area (Å²) < 4.78 is 0. The third-order valence-electron chi connectivity index (χ3n) is 2.03. The molecule has 1 amide bonds. The number of alkyl halides is 1. The van der Waals surface area contributed by atoms with Gasteiger partial charge < -0.3 is 5.32 Å². The average Bonchev–Trinajstić information content (AvgIpc) is 2.28. The molecule has 0 fully saturated rings. The Morgan fingerprint density at radius 1 is 1.25 bits per heavy atom. The third-order valence-corrected chi connectivity index (χ3v) is 3.33. The van der Waals surface area contributed by atoms with Crippen molar-refractivity contribution in [3.63, 3.8) is 0 Å². The van der Waals surface area contributed by atoms with Gasteiger partial charge in [-0.1, -0.05) is 39.1 Å². The SMILES string of the molecule is O=C(NCCCCBr)c1ccc(Cl)c(Cl)c1. The van der Waals surface area contributed by atoms with Crippen molar-refractivity contribution < 1.29 is 4.79 Å². The molecular formula is C11H12BrCl2NO. The van der Waals surface area contributed by atoms with Gasteiger partial charge in [-0.05, 0) is 31.0 Å². The van der Waals surface area contributed by atoms with Crippen LogP contribution in [0.5, 0.6) is 0 Å². The second-order valence-corrected chi connectivity index (χ2v) is 4.89. The second kappa shape index (κ2) is 7.15. The van der Waals surface area contributed by atoms with Crippen LogP contribution in [0.1, 0.15) is 23.2 Å². The number of hydrogen-bond donors (Lipinski definition) is 1. The fourth-order valence-electron chi connectivity index (χ4n) is 1.16. The zero-order chi connectivity index (χ0) is 12.0. The highest BCUT2D eigenvalue weighted by Crippen LogP contribution is 2.22. The molecule has 2 nitrogen and oxygen atoms in total.